The van der Waals surface area contributed by atoms with Crippen LogP contribution in [-0.4, -0.2) is 31.2 Å². The molecule has 0 fully saturated rings. The van der Waals surface area contributed by atoms with Gasteiger partial charge in [0, 0.05) is 9.64 Å². The van der Waals surface area contributed by atoms with Crippen LogP contribution < -0.4 is 5.32 Å². The summed E-state index contributed by atoms with van der Waals surface area (Å²) in [5.41, 5.74) is -0.587. The predicted octanol–water partition coefficient (Wildman–Crippen LogP) is 4.13. The van der Waals surface area contributed by atoms with Crippen molar-refractivity contribution in [2.45, 2.75) is 11.3 Å². The maximum Gasteiger partial charge on any atom is 0.433 e. The molecule has 0 aliphatic carbocycles. The minimum atomic E-state index is -4.56. The minimum Gasteiger partial charge on any atom is -0.324 e. The van der Waals surface area contributed by atoms with Gasteiger partial charge in [-0.05, 0) is 40.8 Å². The molecule has 0 saturated carbocycles. The smallest absolute Gasteiger partial charge is 0.324 e. The molecule has 2 heterocycles. The molecule has 1 N–H and O–H groups in total. The fraction of sp³-hybridized carbons (Fsp3) is 0.143. The van der Waals surface area contributed by atoms with E-state index in [4.69, 9.17) is 11.6 Å². The molecule has 0 bridgehead atoms. The third-order valence-corrected chi connectivity index (χ3v) is 4.86. The van der Waals surface area contributed by atoms with E-state index in [9.17, 15) is 18.0 Å². The molecule has 0 unspecified atom stereocenters. The quantitative estimate of drug-likeness (QED) is 0.420. The van der Waals surface area contributed by atoms with E-state index in [1.807, 2.05) is 0 Å². The van der Waals surface area contributed by atoms with Crippen LogP contribution in [0.5, 0.6) is 0 Å². The van der Waals surface area contributed by atoms with Crippen LogP contribution >= 0.6 is 46.0 Å². The summed E-state index contributed by atoms with van der Waals surface area (Å²) < 4.78 is 40.0. The number of thioether (sulfide) groups is 1. The van der Waals surface area contributed by atoms with Crippen LogP contribution in [0.15, 0.2) is 35.7 Å². The Morgan fingerprint density at radius 3 is 2.81 bits per heavy atom. The topological polar surface area (TPSA) is 72.2 Å². The maximum atomic E-state index is 12.7. The van der Waals surface area contributed by atoms with Gasteiger partial charge < -0.3 is 5.32 Å². The zero-order chi connectivity index (χ0) is 18.9. The third-order valence-electron chi connectivity index (χ3n) is 3.04. The van der Waals surface area contributed by atoms with Gasteiger partial charge in [0.25, 0.3) is 0 Å². The average Bonchev–Trinajstić information content (AvgIpc) is 2.97. The summed E-state index contributed by atoms with van der Waals surface area (Å²) in [6, 6.07) is 5.98. The molecule has 0 aliphatic heterocycles. The number of rotatable bonds is 4. The monoisotopic (exact) mass is 513 g/mol. The second-order valence-corrected chi connectivity index (χ2v) is 7.53. The molecule has 0 radical (unpaired) electrons. The van der Waals surface area contributed by atoms with Crippen molar-refractivity contribution in [1.29, 1.82) is 0 Å². The number of amides is 1. The lowest BCUT2D eigenvalue weighted by molar-refractivity contribution is -0.141. The second-order valence-electron chi connectivity index (χ2n) is 4.93. The first-order valence-electron chi connectivity index (χ1n) is 6.90. The van der Waals surface area contributed by atoms with Crippen molar-refractivity contribution in [2.75, 3.05) is 11.1 Å². The molecule has 0 spiro atoms. The van der Waals surface area contributed by atoms with E-state index in [0.29, 0.717) is 10.7 Å². The lowest BCUT2D eigenvalue weighted by Crippen LogP contribution is -2.14. The highest BCUT2D eigenvalue weighted by molar-refractivity contribution is 14.1. The van der Waals surface area contributed by atoms with Gasteiger partial charge in [0.2, 0.25) is 11.1 Å². The summed E-state index contributed by atoms with van der Waals surface area (Å²) in [5.74, 6) is -0.371. The standard InChI is InChI=1S/C14H8ClF3IN5OS/c15-8-3-7(19)1-2-9(8)21-12(25)5-26-13-22-11-4-10(14(16,17)18)20-6-24(11)23-13/h1-4,6H,5H2,(H,21,25). The molecule has 0 saturated heterocycles. The number of fused-ring (bicyclic) bond motifs is 1. The van der Waals surface area contributed by atoms with E-state index in [0.717, 1.165) is 32.2 Å². The molecule has 1 aromatic carbocycles. The van der Waals surface area contributed by atoms with Gasteiger partial charge in [-0.3, -0.25) is 4.79 Å². The highest BCUT2D eigenvalue weighted by Gasteiger charge is 2.33. The van der Waals surface area contributed by atoms with Gasteiger partial charge in [-0.15, -0.1) is 5.10 Å². The molecule has 136 valence electrons. The summed E-state index contributed by atoms with van der Waals surface area (Å²) in [5, 5.41) is 7.20. The summed E-state index contributed by atoms with van der Waals surface area (Å²) in [4.78, 5) is 19.3. The molecule has 2 aromatic heterocycles. The van der Waals surface area contributed by atoms with Crippen molar-refractivity contribution < 1.29 is 18.0 Å². The Morgan fingerprint density at radius 2 is 2.12 bits per heavy atom. The first-order valence-corrected chi connectivity index (χ1v) is 9.34. The SMILES string of the molecule is O=C(CSc1nc2cc(C(F)(F)F)ncn2n1)Nc1ccc(I)cc1Cl. The van der Waals surface area contributed by atoms with Gasteiger partial charge >= 0.3 is 6.18 Å². The lowest BCUT2D eigenvalue weighted by atomic mass is 10.3. The van der Waals surface area contributed by atoms with Crippen molar-refractivity contribution in [3.63, 3.8) is 0 Å². The van der Waals surface area contributed by atoms with E-state index in [2.05, 4.69) is 43.0 Å². The number of carbonyl (C=O) groups excluding carboxylic acids is 1. The summed E-state index contributed by atoms with van der Waals surface area (Å²) in [7, 11) is 0. The summed E-state index contributed by atoms with van der Waals surface area (Å²) in [6.45, 7) is 0. The van der Waals surface area contributed by atoms with E-state index < -0.39 is 11.9 Å². The van der Waals surface area contributed by atoms with Crippen molar-refractivity contribution in [3.8, 4) is 0 Å². The fourth-order valence-electron chi connectivity index (χ4n) is 1.90. The Bertz CT molecular complexity index is 981. The van der Waals surface area contributed by atoms with Crippen molar-refractivity contribution in [2.24, 2.45) is 0 Å². The number of hydrogen-bond acceptors (Lipinski definition) is 5. The van der Waals surface area contributed by atoms with Gasteiger partial charge in [0.15, 0.2) is 5.65 Å². The summed E-state index contributed by atoms with van der Waals surface area (Å²) >= 11 is 9.13. The van der Waals surface area contributed by atoms with Crippen LogP contribution in [0.4, 0.5) is 18.9 Å². The number of hydrogen-bond donors (Lipinski definition) is 1. The Balaban J connectivity index is 1.66. The van der Waals surface area contributed by atoms with Crippen molar-refractivity contribution in [1.82, 2.24) is 19.6 Å². The molecule has 3 rings (SSSR count). The predicted molar refractivity (Wildman–Crippen MR) is 99.3 cm³/mol. The van der Waals surface area contributed by atoms with E-state index >= 15 is 0 Å². The Morgan fingerprint density at radius 1 is 1.35 bits per heavy atom. The zero-order valence-corrected chi connectivity index (χ0v) is 16.3. The van der Waals surface area contributed by atoms with Crippen LogP contribution in [0.1, 0.15) is 5.69 Å². The third kappa shape index (κ3) is 4.57. The van der Waals surface area contributed by atoms with Crippen LogP contribution in [0.3, 0.4) is 0 Å². The normalized spacial score (nSPS) is 11.7. The first-order chi connectivity index (χ1) is 12.2. The van der Waals surface area contributed by atoms with Crippen LogP contribution in [0, 0.1) is 3.57 Å². The second kappa shape index (κ2) is 7.56. The number of carbonyl (C=O) groups is 1. The average molecular weight is 514 g/mol. The van der Waals surface area contributed by atoms with Crippen LogP contribution in [0.2, 0.25) is 5.02 Å². The van der Waals surface area contributed by atoms with Gasteiger partial charge in [0.05, 0.1) is 16.5 Å². The molecular formula is C14H8ClF3IN5OS. The molecular weight excluding hydrogens is 506 g/mol. The maximum absolute atomic E-state index is 12.7. The molecule has 12 heteroatoms. The van der Waals surface area contributed by atoms with E-state index in [-0.39, 0.29) is 22.5 Å². The van der Waals surface area contributed by atoms with E-state index in [1.165, 1.54) is 0 Å². The Hall–Kier alpha value is -1.60. The van der Waals surface area contributed by atoms with Crippen molar-refractivity contribution >= 4 is 63.2 Å². The van der Waals surface area contributed by atoms with Crippen molar-refractivity contribution in [3.05, 3.63) is 44.9 Å². The highest BCUT2D eigenvalue weighted by Crippen LogP contribution is 2.28. The molecule has 1 amide bonds. The van der Waals surface area contributed by atoms with E-state index in [1.54, 1.807) is 18.2 Å². The molecule has 26 heavy (non-hydrogen) atoms. The Kier molecular flexibility index (Phi) is 5.58. The number of anilines is 1. The molecule has 3 aromatic rings. The van der Waals surface area contributed by atoms with Crippen LogP contribution in [0.25, 0.3) is 5.65 Å². The molecule has 0 atom stereocenters. The van der Waals surface area contributed by atoms with Gasteiger partial charge in [0.1, 0.15) is 12.0 Å². The molecule has 0 aliphatic rings. The highest BCUT2D eigenvalue weighted by atomic mass is 127. The number of nitrogens with zero attached hydrogens (tertiary/aromatic N) is 4. The zero-order valence-electron chi connectivity index (χ0n) is 12.6. The van der Waals surface area contributed by atoms with Gasteiger partial charge in [-0.1, -0.05) is 23.4 Å². The number of nitrogens with one attached hydrogen (secondary N) is 1. The minimum absolute atomic E-state index is 0.00379. The number of alkyl halides is 3. The Labute approximate surface area is 167 Å². The first kappa shape index (κ1) is 19.2. The number of aromatic nitrogens is 4. The number of halogens is 5. The fourth-order valence-corrected chi connectivity index (χ4v) is 3.44. The van der Waals surface area contributed by atoms with Gasteiger partial charge in [-0.25, -0.2) is 14.5 Å². The summed E-state index contributed by atoms with van der Waals surface area (Å²) in [6.07, 6.45) is -3.63. The number of benzene rings is 1. The van der Waals surface area contributed by atoms with Crippen LogP contribution in [-0.2, 0) is 11.0 Å². The molecule has 6 nitrogen and oxygen atoms in total. The van der Waals surface area contributed by atoms with Gasteiger partial charge in [-0.2, -0.15) is 13.2 Å². The lowest BCUT2D eigenvalue weighted by Gasteiger charge is -2.06. The largest absolute Gasteiger partial charge is 0.433 e.